The van der Waals surface area contributed by atoms with Crippen LogP contribution in [0.5, 0.6) is 0 Å². The van der Waals surface area contributed by atoms with Gasteiger partial charge in [0.05, 0.1) is 26.4 Å². The SMILES string of the molecule is CCCCc1ccc2[nH]c3c(c2c1)CN1CC(CC)=C[C@@H](C1)C[C@]3(C(=O)OC)C1C=C2C(=CC1OC)N(C)[C@H]1[C@@](O)(C(=O)OC)[C@H](OC(C)=O)C3[C@@H](CC)CCN4CC[C@]21[C@H]34. The molecule has 2 bridgehead atoms. The van der Waals surface area contributed by atoms with Crippen molar-refractivity contribution in [3.63, 3.8) is 0 Å². The molecule has 4 fully saturated rings. The van der Waals surface area contributed by atoms with Crippen LogP contribution in [0.15, 0.2) is 53.3 Å². The minimum atomic E-state index is -2.19. The van der Waals surface area contributed by atoms with E-state index in [9.17, 15) is 14.7 Å². The predicted molar refractivity (Wildman–Crippen MR) is 231 cm³/mol. The summed E-state index contributed by atoms with van der Waals surface area (Å²) in [6.45, 7) is 12.0. The zero-order valence-corrected chi connectivity index (χ0v) is 37.4. The minimum Gasteiger partial charge on any atom is -0.468 e. The number of unbranched alkanes of at least 4 members (excludes halogenated alkanes) is 1. The molecule has 12 nitrogen and oxygen atoms in total. The molecule has 61 heavy (non-hydrogen) atoms. The number of aliphatic hydroxyl groups is 1. The molecule has 1 aromatic heterocycles. The average Bonchev–Trinajstić information content (AvgIpc) is 3.90. The van der Waals surface area contributed by atoms with Crippen molar-refractivity contribution in [3.05, 3.63) is 70.1 Å². The molecule has 2 aliphatic carbocycles. The van der Waals surface area contributed by atoms with Crippen LogP contribution in [0.25, 0.3) is 10.9 Å². The molecule has 6 heterocycles. The number of piperidine rings is 1. The predicted octanol–water partition coefficient (Wildman–Crippen LogP) is 5.82. The Hall–Kier alpha value is -3.97. The summed E-state index contributed by atoms with van der Waals surface area (Å²) in [7, 11) is 6.43. The van der Waals surface area contributed by atoms with E-state index in [4.69, 9.17) is 18.9 Å². The molecule has 0 amide bonds. The van der Waals surface area contributed by atoms with Crippen LogP contribution in [0.1, 0.15) is 89.5 Å². The summed E-state index contributed by atoms with van der Waals surface area (Å²) >= 11 is 0. The summed E-state index contributed by atoms with van der Waals surface area (Å²) in [4.78, 5) is 53.8. The van der Waals surface area contributed by atoms with Gasteiger partial charge in [0.2, 0.25) is 5.60 Å². The number of carbonyl (C=O) groups is 3. The van der Waals surface area contributed by atoms with Crippen LogP contribution in [-0.2, 0) is 51.7 Å². The highest BCUT2D eigenvalue weighted by Crippen LogP contribution is 2.68. The van der Waals surface area contributed by atoms with Crippen LogP contribution in [0.3, 0.4) is 0 Å². The van der Waals surface area contributed by atoms with Crippen molar-refractivity contribution in [3.8, 4) is 0 Å². The van der Waals surface area contributed by atoms with Gasteiger partial charge >= 0.3 is 17.9 Å². The Labute approximate surface area is 360 Å². The quantitative estimate of drug-likeness (QED) is 0.171. The first-order valence-electron chi connectivity index (χ1n) is 22.9. The van der Waals surface area contributed by atoms with Gasteiger partial charge in [-0.2, -0.15) is 0 Å². The van der Waals surface area contributed by atoms with E-state index in [0.717, 1.165) is 98.1 Å². The normalized spacial score (nSPS) is 37.6. The lowest BCUT2D eigenvalue weighted by molar-refractivity contribution is -0.238. The molecular weight excluding hydrogens is 773 g/mol. The van der Waals surface area contributed by atoms with Gasteiger partial charge in [0, 0.05) is 86.3 Å². The number of esters is 3. The van der Waals surface area contributed by atoms with Crippen LogP contribution in [0.4, 0.5) is 0 Å². The third-order valence-corrected chi connectivity index (χ3v) is 16.5. The second-order valence-electron chi connectivity index (χ2n) is 19.3. The Morgan fingerprint density at radius 1 is 1.00 bits per heavy atom. The number of H-pyrrole nitrogens is 1. The molecule has 7 aliphatic rings. The summed E-state index contributed by atoms with van der Waals surface area (Å²) in [5.74, 6) is -2.38. The third-order valence-electron chi connectivity index (χ3n) is 16.5. The van der Waals surface area contributed by atoms with E-state index in [0.29, 0.717) is 19.4 Å². The summed E-state index contributed by atoms with van der Waals surface area (Å²) < 4.78 is 24.3. The van der Waals surface area contributed by atoms with E-state index in [1.807, 2.05) is 11.9 Å². The number of carbonyl (C=O) groups excluding carboxylic acids is 3. The number of hydrogen-bond donors (Lipinski definition) is 2. The first-order valence-corrected chi connectivity index (χ1v) is 22.9. The van der Waals surface area contributed by atoms with Crippen LogP contribution in [0, 0.1) is 29.1 Å². The van der Waals surface area contributed by atoms with E-state index in [1.54, 1.807) is 7.11 Å². The van der Waals surface area contributed by atoms with Gasteiger partial charge in [-0.3, -0.25) is 19.4 Å². The fourth-order valence-corrected chi connectivity index (χ4v) is 14.1. The van der Waals surface area contributed by atoms with Crippen molar-refractivity contribution in [1.82, 2.24) is 19.7 Å². The summed E-state index contributed by atoms with van der Waals surface area (Å²) in [5.41, 5.74) is 3.37. The highest BCUT2D eigenvalue weighted by Gasteiger charge is 2.79. The Balaban J connectivity index is 1.31. The molecule has 12 heteroatoms. The third kappa shape index (κ3) is 6.01. The second-order valence-corrected chi connectivity index (χ2v) is 19.3. The second kappa shape index (κ2) is 15.7. The van der Waals surface area contributed by atoms with Gasteiger partial charge in [-0.1, -0.05) is 57.4 Å². The molecule has 1 aromatic carbocycles. The first-order chi connectivity index (χ1) is 29.3. The lowest BCUT2D eigenvalue weighted by atomic mass is 9.50. The van der Waals surface area contributed by atoms with Crippen LogP contribution in [0.2, 0.25) is 0 Å². The molecule has 5 aliphatic heterocycles. The average molecular weight is 839 g/mol. The van der Waals surface area contributed by atoms with Gasteiger partial charge in [0.1, 0.15) is 11.5 Å². The number of ether oxygens (including phenoxy) is 4. The van der Waals surface area contributed by atoms with Gasteiger partial charge in [-0.05, 0) is 98.4 Å². The number of methoxy groups -OCH3 is 3. The molecule has 2 N–H and O–H groups in total. The largest absolute Gasteiger partial charge is 0.468 e. The number of hydrogen-bond acceptors (Lipinski definition) is 11. The number of likely N-dealkylation sites (N-methyl/N-ethyl adjacent to an activating group) is 1. The molecule has 1 saturated carbocycles. The Morgan fingerprint density at radius 2 is 1.79 bits per heavy atom. The fraction of sp³-hybridized carbons (Fsp3) is 0.653. The van der Waals surface area contributed by atoms with Crippen LogP contribution in [-0.4, -0.2) is 127 Å². The molecule has 9 rings (SSSR count). The van der Waals surface area contributed by atoms with Crippen molar-refractivity contribution in [2.75, 3.05) is 54.6 Å². The number of nitrogens with zero attached hydrogens (tertiary/aromatic N) is 3. The van der Waals surface area contributed by atoms with Crippen molar-refractivity contribution in [2.24, 2.45) is 29.1 Å². The molecule has 4 unspecified atom stereocenters. The summed E-state index contributed by atoms with van der Waals surface area (Å²) in [6.07, 6.45) is 12.1. The lowest BCUT2D eigenvalue weighted by Crippen LogP contribution is -2.77. The number of fused-ring (bicyclic) bond motifs is 6. The highest BCUT2D eigenvalue weighted by atomic mass is 16.6. The summed E-state index contributed by atoms with van der Waals surface area (Å²) in [6, 6.07) is 5.75. The lowest BCUT2D eigenvalue weighted by Gasteiger charge is -2.61. The van der Waals surface area contributed by atoms with Gasteiger partial charge < -0.3 is 33.9 Å². The van der Waals surface area contributed by atoms with Gasteiger partial charge in [0.25, 0.3) is 0 Å². The fourth-order valence-electron chi connectivity index (χ4n) is 14.1. The van der Waals surface area contributed by atoms with Crippen molar-refractivity contribution >= 4 is 28.8 Å². The number of rotatable bonds is 10. The Bertz CT molecular complexity index is 2190. The number of likely N-dealkylation sites (tertiary alicyclic amines) is 1. The topological polar surface area (TPSA) is 134 Å². The molecule has 1 spiro atoms. The van der Waals surface area contributed by atoms with Gasteiger partial charge in [-0.15, -0.1) is 0 Å². The van der Waals surface area contributed by atoms with Crippen LogP contribution < -0.4 is 0 Å². The smallest absolute Gasteiger partial charge is 0.344 e. The van der Waals surface area contributed by atoms with Crippen molar-refractivity contribution in [2.45, 2.75) is 121 Å². The van der Waals surface area contributed by atoms with E-state index >= 15 is 4.79 Å². The summed E-state index contributed by atoms with van der Waals surface area (Å²) in [5, 5.41) is 14.5. The van der Waals surface area contributed by atoms with E-state index in [1.165, 1.54) is 32.3 Å². The number of allylic oxidation sites excluding steroid dienone is 1. The number of aromatic amines is 1. The molecule has 330 valence electrons. The van der Waals surface area contributed by atoms with E-state index < -0.39 is 52.5 Å². The molecular formula is C49H66N4O8. The monoisotopic (exact) mass is 838 g/mol. The highest BCUT2D eigenvalue weighted by molar-refractivity contribution is 5.92. The zero-order chi connectivity index (χ0) is 43.2. The van der Waals surface area contributed by atoms with Gasteiger partial charge in [-0.25, -0.2) is 4.79 Å². The number of aromatic nitrogens is 1. The first kappa shape index (κ1) is 42.3. The minimum absolute atomic E-state index is 0.0690. The van der Waals surface area contributed by atoms with Gasteiger partial charge in [0.15, 0.2) is 0 Å². The maximum Gasteiger partial charge on any atom is 0.344 e. The number of nitrogens with one attached hydrogen (secondary N) is 1. The number of benzene rings is 1. The van der Waals surface area contributed by atoms with E-state index in [-0.39, 0.29) is 29.8 Å². The molecule has 0 radical (unpaired) electrons. The Morgan fingerprint density at radius 3 is 2.48 bits per heavy atom. The van der Waals surface area contributed by atoms with Crippen molar-refractivity contribution in [1.29, 1.82) is 0 Å². The van der Waals surface area contributed by atoms with E-state index in [2.05, 4.69) is 72.0 Å². The standard InChI is InChI=1S/C49H66N4O8/c1-9-12-13-30-14-15-37-33(21-30)34-27-52-25-29(10-2)20-31(26-52)24-48(41(34)50-37,45(55)59-7)36-22-35-38(23-39(36)58-6)51(5)44-47(35)17-19-53-18-16-32(11-3)40(42(47)53)43(61-28(4)54)49(44,57)46(56)60-8/h14-15,20-23,31-32,36,39-40,42-44,50,57H,9-13,16-19,24-27H2,1-8H3/t31-,32+,36?,39?,40?,42+,43-,44-,47-,48+,49-/m1/s1. The molecule has 3 saturated heterocycles. The number of aryl methyl sites for hydroxylation is 1. The molecule has 2 aromatic rings. The molecule has 12 atom stereocenters. The van der Waals surface area contributed by atoms with Crippen LogP contribution >= 0.6 is 0 Å². The maximum atomic E-state index is 15.4. The zero-order valence-electron chi connectivity index (χ0n) is 37.4. The Kier molecular flexibility index (Phi) is 10.9. The maximum absolute atomic E-state index is 15.4. The van der Waals surface area contributed by atoms with Crippen molar-refractivity contribution < 1.29 is 38.4 Å².